The average Bonchev–Trinajstić information content (AvgIpc) is 3.06. The summed E-state index contributed by atoms with van der Waals surface area (Å²) in [6.07, 6.45) is 9.25. The number of aryl methyl sites for hydroxylation is 1. The van der Waals surface area contributed by atoms with Gasteiger partial charge in [-0.1, -0.05) is 32.8 Å². The van der Waals surface area contributed by atoms with Gasteiger partial charge >= 0.3 is 0 Å². The lowest BCUT2D eigenvalue weighted by Crippen LogP contribution is -2.42. The van der Waals surface area contributed by atoms with E-state index in [-0.39, 0.29) is 24.0 Å². The van der Waals surface area contributed by atoms with Crippen LogP contribution >= 0.6 is 24.0 Å². The third-order valence-electron chi connectivity index (χ3n) is 4.45. The van der Waals surface area contributed by atoms with Crippen LogP contribution < -0.4 is 10.6 Å². The number of nitrogens with one attached hydrogen (secondary N) is 2. The highest BCUT2D eigenvalue weighted by molar-refractivity contribution is 14.0. The summed E-state index contributed by atoms with van der Waals surface area (Å²) < 4.78 is 1.97. The predicted molar refractivity (Wildman–Crippen MR) is 128 cm³/mol. The molecule has 0 fully saturated rings. The highest BCUT2D eigenvalue weighted by Gasteiger charge is 2.06. The summed E-state index contributed by atoms with van der Waals surface area (Å²) >= 11 is 0. The number of guanidine groups is 1. The molecule has 1 unspecified atom stereocenters. The Morgan fingerprint density at radius 3 is 2.54 bits per heavy atom. The first-order chi connectivity index (χ1) is 13.0. The number of nitrogens with zero attached hydrogens (tertiary/aromatic N) is 4. The summed E-state index contributed by atoms with van der Waals surface area (Å²) in [5, 5.41) is 6.84. The molecule has 0 bridgehead atoms. The van der Waals surface area contributed by atoms with Crippen LogP contribution in [-0.4, -0.2) is 33.1 Å². The second kappa shape index (κ2) is 12.7. The van der Waals surface area contributed by atoms with Gasteiger partial charge in [0.05, 0.1) is 6.54 Å². The van der Waals surface area contributed by atoms with Gasteiger partial charge < -0.3 is 10.6 Å². The van der Waals surface area contributed by atoms with Crippen molar-refractivity contribution >= 4 is 29.9 Å². The van der Waals surface area contributed by atoms with Gasteiger partial charge in [-0.15, -0.1) is 24.0 Å². The topological polar surface area (TPSA) is 67.1 Å². The van der Waals surface area contributed by atoms with Crippen LogP contribution in [0.5, 0.6) is 0 Å². The quantitative estimate of drug-likeness (QED) is 0.304. The van der Waals surface area contributed by atoms with Crippen LogP contribution in [-0.2, 0) is 6.54 Å². The van der Waals surface area contributed by atoms with Crippen molar-refractivity contribution in [2.45, 2.75) is 66.5 Å². The van der Waals surface area contributed by atoms with Gasteiger partial charge in [-0.05, 0) is 44.7 Å². The molecule has 28 heavy (non-hydrogen) atoms. The number of aromatic nitrogens is 3. The Labute approximate surface area is 186 Å². The average molecular weight is 498 g/mol. The number of hydrogen-bond acceptors (Lipinski definition) is 3. The third-order valence-corrected chi connectivity index (χ3v) is 4.45. The van der Waals surface area contributed by atoms with Crippen molar-refractivity contribution in [2.24, 2.45) is 10.9 Å². The van der Waals surface area contributed by atoms with Crippen molar-refractivity contribution in [3.05, 3.63) is 42.1 Å². The lowest BCUT2D eigenvalue weighted by Gasteiger charge is -2.18. The van der Waals surface area contributed by atoms with Crippen LogP contribution in [0.3, 0.4) is 0 Å². The Morgan fingerprint density at radius 2 is 1.96 bits per heavy atom. The minimum Gasteiger partial charge on any atom is -0.357 e. The van der Waals surface area contributed by atoms with Crippen LogP contribution in [0.1, 0.15) is 58.3 Å². The minimum absolute atomic E-state index is 0. The molecule has 2 rings (SSSR count). The summed E-state index contributed by atoms with van der Waals surface area (Å²) in [4.78, 5) is 13.5. The number of aliphatic imine (C=N–C) groups is 1. The van der Waals surface area contributed by atoms with E-state index in [2.05, 4.69) is 54.4 Å². The van der Waals surface area contributed by atoms with Gasteiger partial charge in [-0.2, -0.15) is 0 Å². The predicted octanol–water partition coefficient (Wildman–Crippen LogP) is 4.46. The zero-order chi connectivity index (χ0) is 19.6. The molecule has 0 saturated carbocycles. The standard InChI is InChI=1S/C21H34N6.HI/c1-6-22-21(26-17(4)9-7-8-16(2)3)25-15-19-10-11-20(24-14-19)27-13-12-23-18(27)5;/h10-14,16-17H,6-9,15H2,1-5H3,(H2,22,25,26);1H. The molecule has 6 nitrogen and oxygen atoms in total. The van der Waals surface area contributed by atoms with Gasteiger partial charge in [0, 0.05) is 31.2 Å². The molecule has 2 heterocycles. The molecule has 0 aliphatic heterocycles. The van der Waals surface area contributed by atoms with Crippen LogP contribution in [0.4, 0.5) is 0 Å². The Morgan fingerprint density at radius 1 is 1.18 bits per heavy atom. The molecule has 2 N–H and O–H groups in total. The normalized spacial score (nSPS) is 12.6. The Kier molecular flexibility index (Phi) is 11.1. The van der Waals surface area contributed by atoms with E-state index in [9.17, 15) is 0 Å². The fraction of sp³-hybridized carbons (Fsp3) is 0.571. The van der Waals surface area contributed by atoms with E-state index in [1.807, 2.05) is 30.0 Å². The van der Waals surface area contributed by atoms with Gasteiger partial charge in [0.25, 0.3) is 0 Å². The van der Waals surface area contributed by atoms with E-state index in [1.165, 1.54) is 12.8 Å². The highest BCUT2D eigenvalue weighted by Crippen LogP contribution is 2.10. The van der Waals surface area contributed by atoms with E-state index < -0.39 is 0 Å². The smallest absolute Gasteiger partial charge is 0.191 e. The second-order valence-corrected chi connectivity index (χ2v) is 7.43. The summed E-state index contributed by atoms with van der Waals surface area (Å²) in [6, 6.07) is 4.49. The summed E-state index contributed by atoms with van der Waals surface area (Å²) in [7, 11) is 0. The van der Waals surface area contributed by atoms with Gasteiger partial charge in [-0.3, -0.25) is 4.57 Å². The Balaban J connectivity index is 0.00000392. The van der Waals surface area contributed by atoms with Gasteiger partial charge in [0.2, 0.25) is 0 Å². The van der Waals surface area contributed by atoms with Crippen LogP contribution in [0.15, 0.2) is 35.7 Å². The van der Waals surface area contributed by atoms with Gasteiger partial charge in [0.15, 0.2) is 5.96 Å². The minimum atomic E-state index is 0. The summed E-state index contributed by atoms with van der Waals surface area (Å²) in [5.41, 5.74) is 1.08. The molecule has 156 valence electrons. The zero-order valence-electron chi connectivity index (χ0n) is 17.8. The molecular formula is C21H35IN6. The van der Waals surface area contributed by atoms with E-state index in [4.69, 9.17) is 4.99 Å². The molecule has 0 aliphatic carbocycles. The van der Waals surface area contributed by atoms with Crippen molar-refractivity contribution in [3.8, 4) is 5.82 Å². The largest absolute Gasteiger partial charge is 0.357 e. The lowest BCUT2D eigenvalue weighted by atomic mass is 10.0. The fourth-order valence-corrected chi connectivity index (χ4v) is 2.90. The molecule has 2 aromatic heterocycles. The molecule has 1 atom stereocenters. The van der Waals surface area contributed by atoms with E-state index in [0.29, 0.717) is 12.6 Å². The van der Waals surface area contributed by atoms with Crippen molar-refractivity contribution in [1.29, 1.82) is 0 Å². The SMILES string of the molecule is CCNC(=NCc1ccc(-n2ccnc2C)nc1)NC(C)CCCC(C)C.I. The summed E-state index contributed by atoms with van der Waals surface area (Å²) in [5.74, 6) is 3.43. The third kappa shape index (κ3) is 8.16. The maximum atomic E-state index is 4.71. The monoisotopic (exact) mass is 498 g/mol. The lowest BCUT2D eigenvalue weighted by molar-refractivity contribution is 0.491. The molecule has 2 aromatic rings. The first-order valence-electron chi connectivity index (χ1n) is 9.99. The molecule has 0 amide bonds. The van der Waals surface area contributed by atoms with Crippen molar-refractivity contribution in [1.82, 2.24) is 25.2 Å². The first-order valence-corrected chi connectivity index (χ1v) is 9.99. The molecular weight excluding hydrogens is 463 g/mol. The van der Waals surface area contributed by atoms with E-state index in [1.54, 1.807) is 6.20 Å². The number of imidazole rings is 1. The zero-order valence-corrected chi connectivity index (χ0v) is 20.1. The van der Waals surface area contributed by atoms with E-state index >= 15 is 0 Å². The van der Waals surface area contributed by atoms with Crippen molar-refractivity contribution in [3.63, 3.8) is 0 Å². The Hall–Kier alpha value is -1.64. The van der Waals surface area contributed by atoms with Gasteiger partial charge in [0.1, 0.15) is 11.6 Å². The molecule has 0 radical (unpaired) electrons. The number of halogens is 1. The maximum Gasteiger partial charge on any atom is 0.191 e. The molecule has 0 saturated heterocycles. The number of rotatable bonds is 9. The van der Waals surface area contributed by atoms with E-state index in [0.717, 1.165) is 42.0 Å². The molecule has 0 spiro atoms. The first kappa shape index (κ1) is 24.4. The highest BCUT2D eigenvalue weighted by atomic mass is 127. The van der Waals surface area contributed by atoms with Crippen molar-refractivity contribution in [2.75, 3.05) is 6.54 Å². The fourth-order valence-electron chi connectivity index (χ4n) is 2.90. The Bertz CT molecular complexity index is 708. The van der Waals surface area contributed by atoms with Crippen LogP contribution in [0, 0.1) is 12.8 Å². The molecule has 0 aromatic carbocycles. The number of pyridine rings is 1. The van der Waals surface area contributed by atoms with Crippen LogP contribution in [0.25, 0.3) is 5.82 Å². The molecule has 0 aliphatic rings. The van der Waals surface area contributed by atoms with Gasteiger partial charge in [-0.25, -0.2) is 15.0 Å². The maximum absolute atomic E-state index is 4.71. The number of hydrogen-bond donors (Lipinski definition) is 2. The van der Waals surface area contributed by atoms with Crippen LogP contribution in [0.2, 0.25) is 0 Å². The second-order valence-electron chi connectivity index (χ2n) is 7.43. The molecule has 7 heteroatoms. The van der Waals surface area contributed by atoms with Crippen molar-refractivity contribution < 1.29 is 0 Å². The summed E-state index contributed by atoms with van der Waals surface area (Å²) in [6.45, 7) is 12.3.